The number of rotatable bonds is 6. The topological polar surface area (TPSA) is 59.0 Å². The number of hydrogen-bond acceptors (Lipinski definition) is 4. The van der Waals surface area contributed by atoms with Gasteiger partial charge in [0.05, 0.1) is 17.8 Å². The van der Waals surface area contributed by atoms with Crippen LogP contribution in [0.1, 0.15) is 113 Å². The van der Waals surface area contributed by atoms with E-state index in [9.17, 15) is 9.59 Å². The van der Waals surface area contributed by atoms with E-state index in [0.717, 1.165) is 28.9 Å². The van der Waals surface area contributed by atoms with Gasteiger partial charge >= 0.3 is 5.97 Å². The quantitative estimate of drug-likeness (QED) is 0.385. The Kier molecular flexibility index (Phi) is 8.20. The summed E-state index contributed by atoms with van der Waals surface area (Å²) in [5.41, 5.74) is 4.73. The summed E-state index contributed by atoms with van der Waals surface area (Å²) < 4.78 is 5.63. The molecule has 2 aromatic carbocycles. The van der Waals surface area contributed by atoms with E-state index in [4.69, 9.17) is 9.73 Å². The van der Waals surface area contributed by atoms with Gasteiger partial charge in [-0.3, -0.25) is 9.79 Å². The van der Waals surface area contributed by atoms with Crippen molar-refractivity contribution in [3.05, 3.63) is 64.7 Å². The van der Waals surface area contributed by atoms with Gasteiger partial charge in [0, 0.05) is 11.3 Å². The molecule has 1 fully saturated rings. The molecule has 0 saturated heterocycles. The van der Waals surface area contributed by atoms with Crippen LogP contribution in [-0.4, -0.2) is 29.2 Å². The van der Waals surface area contributed by atoms with Crippen LogP contribution >= 0.6 is 0 Å². The number of nitrogens with zero attached hydrogens (tertiary/aromatic N) is 2. The first-order chi connectivity index (χ1) is 17.6. The van der Waals surface area contributed by atoms with Crippen molar-refractivity contribution in [2.75, 3.05) is 4.90 Å². The summed E-state index contributed by atoms with van der Waals surface area (Å²) in [5, 5.41) is 0. The van der Waals surface area contributed by atoms with E-state index in [1.165, 1.54) is 37.7 Å². The zero-order valence-corrected chi connectivity index (χ0v) is 23.3. The van der Waals surface area contributed by atoms with Gasteiger partial charge in [-0.2, -0.15) is 0 Å². The molecule has 37 heavy (non-hydrogen) atoms. The molecule has 2 atom stereocenters. The van der Waals surface area contributed by atoms with Gasteiger partial charge in [-0.1, -0.05) is 69.9 Å². The number of carbonyl (C=O) groups is 2. The molecule has 0 radical (unpaired) electrons. The Morgan fingerprint density at radius 1 is 1.08 bits per heavy atom. The monoisotopic (exact) mass is 502 g/mol. The number of aliphatic imine (C=N–C) groups is 1. The van der Waals surface area contributed by atoms with Gasteiger partial charge in [-0.05, 0) is 75.6 Å². The maximum atomic E-state index is 14.0. The lowest BCUT2D eigenvalue weighted by molar-refractivity contribution is -0.120. The molecule has 198 valence electrons. The van der Waals surface area contributed by atoms with Crippen molar-refractivity contribution in [1.29, 1.82) is 0 Å². The highest BCUT2D eigenvalue weighted by Gasteiger charge is 2.34. The Balaban J connectivity index is 1.70. The SMILES string of the molecule is CC[C@H](C)[C@@H]1N=C(C)c2ccc(C(=O)OC(C)(C)C)cc2N(Cc2ccc(C3CCCCC3)cc2)C1=O. The smallest absolute Gasteiger partial charge is 0.338 e. The van der Waals surface area contributed by atoms with E-state index in [1.54, 1.807) is 12.1 Å². The van der Waals surface area contributed by atoms with E-state index in [0.29, 0.717) is 18.0 Å². The zero-order chi connectivity index (χ0) is 26.7. The fraction of sp³-hybridized carbons (Fsp3) is 0.531. The second-order valence-electron chi connectivity index (χ2n) is 11.8. The average molecular weight is 503 g/mol. The molecule has 2 aliphatic rings. The summed E-state index contributed by atoms with van der Waals surface area (Å²) in [6.07, 6.45) is 7.34. The molecule has 1 amide bonds. The van der Waals surface area contributed by atoms with E-state index < -0.39 is 17.6 Å². The zero-order valence-electron chi connectivity index (χ0n) is 23.3. The van der Waals surface area contributed by atoms with Crippen molar-refractivity contribution in [3.63, 3.8) is 0 Å². The van der Waals surface area contributed by atoms with Gasteiger partial charge in [0.25, 0.3) is 5.91 Å². The standard InChI is InChI=1S/C32H42N2O3/c1-7-21(2)29-30(35)34(20-23-13-15-25(16-14-23)24-11-9-8-10-12-24)28-19-26(31(36)37-32(4,5)6)17-18-27(28)22(3)33-29/h13-19,21,24,29H,7-12,20H2,1-6H3/t21-,29-/m0/s1. The summed E-state index contributed by atoms with van der Waals surface area (Å²) in [4.78, 5) is 33.6. The largest absolute Gasteiger partial charge is 0.456 e. The second-order valence-corrected chi connectivity index (χ2v) is 11.8. The number of hydrogen-bond donors (Lipinski definition) is 0. The molecule has 1 heterocycles. The molecule has 0 bridgehead atoms. The summed E-state index contributed by atoms with van der Waals surface area (Å²) in [6.45, 7) is 12.1. The summed E-state index contributed by atoms with van der Waals surface area (Å²) >= 11 is 0. The fourth-order valence-corrected chi connectivity index (χ4v) is 5.41. The van der Waals surface area contributed by atoms with Crippen LogP contribution in [0.15, 0.2) is 47.5 Å². The van der Waals surface area contributed by atoms with Gasteiger partial charge in [0.1, 0.15) is 11.6 Å². The minimum absolute atomic E-state index is 0.0230. The predicted molar refractivity (Wildman–Crippen MR) is 151 cm³/mol. The fourth-order valence-electron chi connectivity index (χ4n) is 5.41. The highest BCUT2D eigenvalue weighted by atomic mass is 16.6. The molecule has 4 rings (SSSR count). The lowest BCUT2D eigenvalue weighted by atomic mass is 9.84. The third kappa shape index (κ3) is 6.31. The van der Waals surface area contributed by atoms with Crippen molar-refractivity contribution in [3.8, 4) is 0 Å². The van der Waals surface area contributed by atoms with E-state index >= 15 is 0 Å². The van der Waals surface area contributed by atoms with Gasteiger partial charge in [-0.15, -0.1) is 0 Å². The Morgan fingerprint density at radius 2 is 1.76 bits per heavy atom. The maximum absolute atomic E-state index is 14.0. The van der Waals surface area contributed by atoms with Gasteiger partial charge in [0.15, 0.2) is 0 Å². The second kappa shape index (κ2) is 11.2. The van der Waals surface area contributed by atoms with Gasteiger partial charge < -0.3 is 9.64 Å². The molecule has 1 aliphatic heterocycles. The Hall–Kier alpha value is -2.95. The number of anilines is 1. The highest BCUT2D eigenvalue weighted by molar-refractivity contribution is 6.12. The molecule has 0 aromatic heterocycles. The molecule has 2 aromatic rings. The molecule has 1 saturated carbocycles. The summed E-state index contributed by atoms with van der Waals surface area (Å²) in [7, 11) is 0. The predicted octanol–water partition coefficient (Wildman–Crippen LogP) is 7.46. The van der Waals surface area contributed by atoms with Gasteiger partial charge in [0.2, 0.25) is 0 Å². The molecule has 5 nitrogen and oxygen atoms in total. The molecule has 0 spiro atoms. The van der Waals surface area contributed by atoms with Crippen LogP contribution < -0.4 is 4.90 Å². The number of ether oxygens (including phenoxy) is 1. The van der Waals surface area contributed by atoms with Crippen LogP contribution in [0.4, 0.5) is 5.69 Å². The van der Waals surface area contributed by atoms with Crippen molar-refractivity contribution in [1.82, 2.24) is 0 Å². The molecular formula is C32H42N2O3. The molecular weight excluding hydrogens is 460 g/mol. The van der Waals surface area contributed by atoms with Gasteiger partial charge in [-0.25, -0.2) is 4.79 Å². The molecule has 0 unspecified atom stereocenters. The van der Waals surface area contributed by atoms with Crippen LogP contribution in [0.2, 0.25) is 0 Å². The Morgan fingerprint density at radius 3 is 2.38 bits per heavy atom. The van der Waals surface area contributed by atoms with Crippen molar-refractivity contribution in [2.45, 2.75) is 104 Å². The Labute approximate surface area is 222 Å². The van der Waals surface area contributed by atoms with Crippen LogP contribution in [0.25, 0.3) is 0 Å². The number of benzodiazepines with no additional fused rings is 1. The van der Waals surface area contributed by atoms with E-state index in [-0.39, 0.29) is 11.8 Å². The average Bonchev–Trinajstić information content (AvgIpc) is 2.98. The lowest BCUT2D eigenvalue weighted by Gasteiger charge is -2.28. The molecule has 0 N–H and O–H groups in total. The van der Waals surface area contributed by atoms with Crippen LogP contribution in [0.3, 0.4) is 0 Å². The first-order valence-electron chi connectivity index (χ1n) is 13.9. The van der Waals surface area contributed by atoms with E-state index in [1.807, 2.05) is 38.7 Å². The van der Waals surface area contributed by atoms with E-state index in [2.05, 4.69) is 38.1 Å². The Bertz CT molecular complexity index is 1150. The molecule has 1 aliphatic carbocycles. The first kappa shape index (κ1) is 27.1. The summed E-state index contributed by atoms with van der Waals surface area (Å²) in [6, 6.07) is 13.8. The maximum Gasteiger partial charge on any atom is 0.338 e. The van der Waals surface area contributed by atoms with Crippen molar-refractivity contribution in [2.24, 2.45) is 10.9 Å². The van der Waals surface area contributed by atoms with Crippen LogP contribution in [0.5, 0.6) is 0 Å². The first-order valence-corrected chi connectivity index (χ1v) is 13.9. The number of esters is 1. The van der Waals surface area contributed by atoms with Crippen molar-refractivity contribution < 1.29 is 14.3 Å². The highest BCUT2D eigenvalue weighted by Crippen LogP contribution is 2.34. The normalized spacial score (nSPS) is 19.6. The van der Waals surface area contributed by atoms with Crippen LogP contribution in [0, 0.1) is 5.92 Å². The lowest BCUT2D eigenvalue weighted by Crippen LogP contribution is -2.40. The third-order valence-corrected chi connectivity index (χ3v) is 7.74. The number of fused-ring (bicyclic) bond motifs is 1. The summed E-state index contributed by atoms with van der Waals surface area (Å²) in [5.74, 6) is 0.339. The number of carbonyl (C=O) groups excluding carboxylic acids is 2. The van der Waals surface area contributed by atoms with Crippen LogP contribution in [-0.2, 0) is 16.1 Å². The van der Waals surface area contributed by atoms with Crippen molar-refractivity contribution >= 4 is 23.3 Å². The minimum atomic E-state index is -0.599. The number of benzene rings is 2. The minimum Gasteiger partial charge on any atom is -0.456 e. The number of amides is 1. The third-order valence-electron chi connectivity index (χ3n) is 7.74. The molecule has 5 heteroatoms.